The van der Waals surface area contributed by atoms with Gasteiger partial charge in [0.15, 0.2) is 0 Å². The van der Waals surface area contributed by atoms with Crippen molar-refractivity contribution in [3.05, 3.63) is 45.8 Å². The summed E-state index contributed by atoms with van der Waals surface area (Å²) in [5.74, 6) is -0.560. The van der Waals surface area contributed by atoms with E-state index >= 15 is 0 Å². The van der Waals surface area contributed by atoms with Crippen LogP contribution in [0.1, 0.15) is 45.0 Å². The Bertz CT molecular complexity index is 854. The van der Waals surface area contributed by atoms with Gasteiger partial charge in [0.2, 0.25) is 0 Å². The first-order valence-electron chi connectivity index (χ1n) is 9.06. The molecule has 152 valence electrons. The third-order valence-corrected chi connectivity index (χ3v) is 6.48. The summed E-state index contributed by atoms with van der Waals surface area (Å²) in [6.45, 7) is 6.92. The Morgan fingerprint density at radius 3 is 2.79 bits per heavy atom. The molecular weight excluding hydrogens is 416 g/mol. The monoisotopic (exact) mass is 440 g/mol. The second-order valence-electron chi connectivity index (χ2n) is 6.23. The number of esters is 1. The number of hydrogen-bond acceptors (Lipinski definition) is 6. The summed E-state index contributed by atoms with van der Waals surface area (Å²) in [7, 11) is 0. The van der Waals surface area contributed by atoms with E-state index in [0.29, 0.717) is 22.7 Å². The Hall–Kier alpha value is -1.54. The molecule has 0 saturated carbocycles. The number of rotatable bonds is 6. The molecule has 1 amide bonds. The number of amides is 1. The molecule has 8 heteroatoms. The largest absolute Gasteiger partial charge is 0.462 e. The lowest BCUT2D eigenvalue weighted by molar-refractivity contribution is 0.0526. The highest BCUT2D eigenvalue weighted by molar-refractivity contribution is 7.98. The maximum Gasteiger partial charge on any atom is 0.341 e. The molecule has 0 atom stereocenters. The molecule has 0 unspecified atom stereocenters. The van der Waals surface area contributed by atoms with Gasteiger partial charge in [-0.2, -0.15) is 0 Å². The molecule has 1 aliphatic rings. The van der Waals surface area contributed by atoms with Gasteiger partial charge in [0, 0.05) is 28.4 Å². The van der Waals surface area contributed by atoms with Crippen LogP contribution in [0.2, 0.25) is 0 Å². The molecular formula is C20H25ClN2O3S2. The van der Waals surface area contributed by atoms with Crippen molar-refractivity contribution < 1.29 is 14.3 Å². The number of thioether (sulfide) groups is 1. The normalized spacial score (nSPS) is 13.4. The Kier molecular flexibility index (Phi) is 8.37. The molecule has 0 spiro atoms. The van der Waals surface area contributed by atoms with Gasteiger partial charge in [0.1, 0.15) is 5.00 Å². The summed E-state index contributed by atoms with van der Waals surface area (Å²) in [6.07, 6.45) is 2.77. The Morgan fingerprint density at radius 2 is 2.11 bits per heavy atom. The summed E-state index contributed by atoms with van der Waals surface area (Å²) in [5.41, 5.74) is 2.14. The fourth-order valence-electron chi connectivity index (χ4n) is 3.17. The highest BCUT2D eigenvalue weighted by atomic mass is 35.5. The minimum absolute atomic E-state index is 0. The van der Waals surface area contributed by atoms with E-state index in [4.69, 9.17) is 4.74 Å². The van der Waals surface area contributed by atoms with Crippen molar-refractivity contribution >= 4 is 52.4 Å². The number of nitrogens with one attached hydrogen (secondary N) is 1. The van der Waals surface area contributed by atoms with E-state index < -0.39 is 0 Å². The summed E-state index contributed by atoms with van der Waals surface area (Å²) in [5, 5.41) is 3.55. The van der Waals surface area contributed by atoms with Crippen LogP contribution in [-0.2, 0) is 17.7 Å². The van der Waals surface area contributed by atoms with Crippen LogP contribution in [0.4, 0.5) is 5.00 Å². The molecule has 0 bridgehead atoms. The maximum absolute atomic E-state index is 12.8. The SMILES string of the molecule is CCOC(=O)c1c(NC(=O)c2cccc(SC)c2)sc2c1CCN(CC)C2.Cl. The fourth-order valence-corrected chi connectivity index (χ4v) is 4.91. The van der Waals surface area contributed by atoms with Gasteiger partial charge in [-0.05, 0) is 49.9 Å². The zero-order valence-corrected chi connectivity index (χ0v) is 18.7. The number of thiophene rings is 1. The molecule has 1 aliphatic heterocycles. The number of anilines is 1. The molecule has 1 aromatic heterocycles. The van der Waals surface area contributed by atoms with Gasteiger partial charge in [0.05, 0.1) is 12.2 Å². The molecule has 0 saturated heterocycles. The van der Waals surface area contributed by atoms with E-state index in [-0.39, 0.29) is 24.3 Å². The first kappa shape index (κ1) is 22.7. The first-order chi connectivity index (χ1) is 13.1. The van der Waals surface area contributed by atoms with Crippen LogP contribution >= 0.6 is 35.5 Å². The zero-order valence-electron chi connectivity index (χ0n) is 16.2. The number of carbonyl (C=O) groups excluding carboxylic acids is 2. The number of likely N-dealkylation sites (N-methyl/N-ethyl adjacent to an activating group) is 1. The van der Waals surface area contributed by atoms with Crippen LogP contribution in [0.15, 0.2) is 29.2 Å². The second-order valence-corrected chi connectivity index (χ2v) is 8.22. The molecule has 2 heterocycles. The van der Waals surface area contributed by atoms with Gasteiger partial charge in [-0.15, -0.1) is 35.5 Å². The molecule has 3 rings (SSSR count). The van der Waals surface area contributed by atoms with E-state index in [2.05, 4.69) is 17.1 Å². The Morgan fingerprint density at radius 1 is 1.32 bits per heavy atom. The predicted molar refractivity (Wildman–Crippen MR) is 118 cm³/mol. The number of fused-ring (bicyclic) bond motifs is 1. The smallest absolute Gasteiger partial charge is 0.341 e. The van der Waals surface area contributed by atoms with Gasteiger partial charge in [-0.3, -0.25) is 9.69 Å². The van der Waals surface area contributed by atoms with E-state index in [1.807, 2.05) is 24.5 Å². The number of hydrogen-bond donors (Lipinski definition) is 1. The van der Waals surface area contributed by atoms with Crippen LogP contribution in [0, 0.1) is 0 Å². The predicted octanol–water partition coefficient (Wildman–Crippen LogP) is 4.70. The molecule has 1 aromatic carbocycles. The van der Waals surface area contributed by atoms with Crippen molar-refractivity contribution in [1.29, 1.82) is 0 Å². The molecule has 5 nitrogen and oxygen atoms in total. The summed E-state index contributed by atoms with van der Waals surface area (Å²) in [4.78, 5) is 29.9. The Balaban J connectivity index is 0.00000280. The van der Waals surface area contributed by atoms with Crippen LogP contribution in [-0.4, -0.2) is 42.7 Å². The third-order valence-electron chi connectivity index (χ3n) is 4.62. The van der Waals surface area contributed by atoms with Crippen molar-refractivity contribution in [3.63, 3.8) is 0 Å². The van der Waals surface area contributed by atoms with Crippen molar-refractivity contribution in [3.8, 4) is 0 Å². The summed E-state index contributed by atoms with van der Waals surface area (Å²) in [6, 6.07) is 7.47. The average molecular weight is 441 g/mol. The molecule has 1 N–H and O–H groups in total. The average Bonchev–Trinajstić information content (AvgIpc) is 3.04. The highest BCUT2D eigenvalue weighted by Crippen LogP contribution is 2.38. The van der Waals surface area contributed by atoms with Crippen molar-refractivity contribution in [1.82, 2.24) is 4.90 Å². The van der Waals surface area contributed by atoms with Crippen LogP contribution in [0.5, 0.6) is 0 Å². The van der Waals surface area contributed by atoms with Crippen molar-refractivity contribution in [2.75, 3.05) is 31.3 Å². The number of halogens is 1. The molecule has 0 radical (unpaired) electrons. The lowest BCUT2D eigenvalue weighted by Gasteiger charge is -2.25. The zero-order chi connectivity index (χ0) is 19.4. The van der Waals surface area contributed by atoms with Crippen LogP contribution < -0.4 is 5.32 Å². The fraction of sp³-hybridized carbons (Fsp3) is 0.400. The summed E-state index contributed by atoms with van der Waals surface area (Å²) < 4.78 is 5.27. The van der Waals surface area contributed by atoms with E-state index in [1.165, 1.54) is 11.3 Å². The lowest BCUT2D eigenvalue weighted by atomic mass is 10.0. The van der Waals surface area contributed by atoms with E-state index in [1.54, 1.807) is 24.8 Å². The quantitative estimate of drug-likeness (QED) is 0.521. The van der Waals surface area contributed by atoms with E-state index in [9.17, 15) is 9.59 Å². The summed E-state index contributed by atoms with van der Waals surface area (Å²) >= 11 is 3.08. The minimum atomic E-state index is -0.354. The van der Waals surface area contributed by atoms with Crippen LogP contribution in [0.25, 0.3) is 0 Å². The van der Waals surface area contributed by atoms with Gasteiger partial charge in [-0.1, -0.05) is 13.0 Å². The second kappa shape index (κ2) is 10.3. The van der Waals surface area contributed by atoms with Gasteiger partial charge < -0.3 is 10.1 Å². The first-order valence-corrected chi connectivity index (χ1v) is 11.1. The van der Waals surface area contributed by atoms with Gasteiger partial charge in [0.25, 0.3) is 5.91 Å². The standard InChI is InChI=1S/C20H24N2O3S2.ClH/c1-4-22-10-9-15-16(12-22)27-19(17(15)20(24)25-5-2)21-18(23)13-7-6-8-14(11-13)26-3;/h6-8,11H,4-5,9-10,12H2,1-3H3,(H,21,23);1H. The number of carbonyl (C=O) groups is 2. The number of ether oxygens (including phenoxy) is 1. The molecule has 2 aromatic rings. The Labute approximate surface area is 180 Å². The third kappa shape index (κ3) is 4.89. The highest BCUT2D eigenvalue weighted by Gasteiger charge is 2.29. The van der Waals surface area contributed by atoms with Crippen molar-refractivity contribution in [2.45, 2.75) is 31.7 Å². The molecule has 0 aliphatic carbocycles. The van der Waals surface area contributed by atoms with Crippen LogP contribution in [0.3, 0.4) is 0 Å². The minimum Gasteiger partial charge on any atom is -0.462 e. The lowest BCUT2D eigenvalue weighted by Crippen LogP contribution is -2.30. The van der Waals surface area contributed by atoms with Gasteiger partial charge >= 0.3 is 5.97 Å². The number of nitrogens with zero attached hydrogens (tertiary/aromatic N) is 1. The molecule has 28 heavy (non-hydrogen) atoms. The molecule has 0 fully saturated rings. The van der Waals surface area contributed by atoms with E-state index in [0.717, 1.165) is 41.4 Å². The van der Waals surface area contributed by atoms with Crippen molar-refractivity contribution in [2.24, 2.45) is 0 Å². The maximum atomic E-state index is 12.8. The topological polar surface area (TPSA) is 58.6 Å². The number of benzene rings is 1. The van der Waals surface area contributed by atoms with Gasteiger partial charge in [-0.25, -0.2) is 4.79 Å².